The Morgan fingerprint density at radius 3 is 3.00 bits per heavy atom. The van der Waals surface area contributed by atoms with Crippen LogP contribution in [0, 0.1) is 12.8 Å². The number of nitrogens with zero attached hydrogens (tertiary/aromatic N) is 2. The van der Waals surface area contributed by atoms with Crippen LogP contribution in [0.4, 0.5) is 5.69 Å². The smallest absolute Gasteiger partial charge is 0.227 e. The van der Waals surface area contributed by atoms with Gasteiger partial charge in [-0.1, -0.05) is 11.6 Å². The number of aryl methyl sites for hydroxylation is 1. The first kappa shape index (κ1) is 11.7. The molecule has 0 radical (unpaired) electrons. The Kier molecular flexibility index (Phi) is 3.40. The van der Waals surface area contributed by atoms with Gasteiger partial charge in [-0.3, -0.25) is 4.79 Å². The molecule has 1 amide bonds. The summed E-state index contributed by atoms with van der Waals surface area (Å²) < 4.78 is 0. The van der Waals surface area contributed by atoms with Crippen molar-refractivity contribution in [1.29, 1.82) is 0 Å². The Morgan fingerprint density at radius 2 is 2.44 bits per heavy atom. The van der Waals surface area contributed by atoms with Crippen molar-refractivity contribution < 1.29 is 4.79 Å². The van der Waals surface area contributed by atoms with Crippen LogP contribution in [0.3, 0.4) is 0 Å². The lowest BCUT2D eigenvalue weighted by Crippen LogP contribution is -2.25. The molecule has 1 aromatic rings. The third kappa shape index (κ3) is 2.18. The standard InChI is InChI=1S/C11H13ClN2OS/c1-7-2-10(12)13-4-9(7)14-5-8(6-16)3-11(14)15/h2,4,8,16H,3,5-6H2,1H3. The molecule has 16 heavy (non-hydrogen) atoms. The van der Waals surface area contributed by atoms with E-state index in [1.165, 1.54) is 0 Å². The second-order valence-corrected chi connectivity index (χ2v) is 4.80. The number of pyridine rings is 1. The molecule has 2 heterocycles. The summed E-state index contributed by atoms with van der Waals surface area (Å²) in [5.74, 6) is 1.22. The van der Waals surface area contributed by atoms with Gasteiger partial charge in [-0.05, 0) is 30.2 Å². The molecule has 1 unspecified atom stereocenters. The van der Waals surface area contributed by atoms with Gasteiger partial charge in [-0.2, -0.15) is 12.6 Å². The Hall–Kier alpha value is -0.740. The van der Waals surface area contributed by atoms with Gasteiger partial charge in [0.05, 0.1) is 11.9 Å². The maximum Gasteiger partial charge on any atom is 0.227 e. The van der Waals surface area contributed by atoms with E-state index in [-0.39, 0.29) is 5.91 Å². The summed E-state index contributed by atoms with van der Waals surface area (Å²) in [4.78, 5) is 17.6. The molecule has 1 fully saturated rings. The monoisotopic (exact) mass is 256 g/mol. The van der Waals surface area contributed by atoms with Gasteiger partial charge in [0.25, 0.3) is 0 Å². The van der Waals surface area contributed by atoms with Crippen molar-refractivity contribution in [3.8, 4) is 0 Å². The quantitative estimate of drug-likeness (QED) is 0.651. The summed E-state index contributed by atoms with van der Waals surface area (Å²) in [7, 11) is 0. The average molecular weight is 257 g/mol. The van der Waals surface area contributed by atoms with Crippen molar-refractivity contribution in [2.75, 3.05) is 17.2 Å². The fraction of sp³-hybridized carbons (Fsp3) is 0.455. The summed E-state index contributed by atoms with van der Waals surface area (Å²) in [6, 6.07) is 1.78. The lowest BCUT2D eigenvalue weighted by Gasteiger charge is -2.18. The van der Waals surface area contributed by atoms with Crippen LogP contribution in [-0.2, 0) is 4.79 Å². The van der Waals surface area contributed by atoms with E-state index in [0.29, 0.717) is 17.5 Å². The Balaban J connectivity index is 2.28. The summed E-state index contributed by atoms with van der Waals surface area (Å²) >= 11 is 10.0. The molecule has 0 N–H and O–H groups in total. The summed E-state index contributed by atoms with van der Waals surface area (Å²) in [5.41, 5.74) is 1.84. The molecule has 3 nitrogen and oxygen atoms in total. The maximum absolute atomic E-state index is 11.8. The average Bonchev–Trinajstić information content (AvgIpc) is 2.60. The predicted octanol–water partition coefficient (Wildman–Crippen LogP) is 2.33. The summed E-state index contributed by atoms with van der Waals surface area (Å²) in [5, 5.41) is 0.457. The molecular weight excluding hydrogens is 244 g/mol. The fourth-order valence-electron chi connectivity index (χ4n) is 1.93. The number of hydrogen-bond donors (Lipinski definition) is 1. The van der Waals surface area contributed by atoms with Crippen LogP contribution in [0.5, 0.6) is 0 Å². The van der Waals surface area contributed by atoms with Crippen LogP contribution >= 0.6 is 24.2 Å². The Morgan fingerprint density at radius 1 is 1.69 bits per heavy atom. The van der Waals surface area contributed by atoms with Crippen LogP contribution in [0.15, 0.2) is 12.3 Å². The van der Waals surface area contributed by atoms with Crippen molar-refractivity contribution in [2.24, 2.45) is 5.92 Å². The zero-order valence-corrected chi connectivity index (χ0v) is 10.6. The third-order valence-electron chi connectivity index (χ3n) is 2.80. The molecule has 5 heteroatoms. The number of anilines is 1. The number of halogens is 1. The van der Waals surface area contributed by atoms with Gasteiger partial charge in [0.1, 0.15) is 5.15 Å². The van der Waals surface area contributed by atoms with Crippen molar-refractivity contribution in [2.45, 2.75) is 13.3 Å². The topological polar surface area (TPSA) is 33.2 Å². The second-order valence-electron chi connectivity index (χ2n) is 4.05. The molecule has 1 aliphatic heterocycles. The van der Waals surface area contributed by atoms with Crippen LogP contribution < -0.4 is 4.90 Å². The number of carbonyl (C=O) groups is 1. The molecule has 1 aromatic heterocycles. The maximum atomic E-state index is 11.8. The molecule has 1 aliphatic rings. The highest BCUT2D eigenvalue weighted by atomic mass is 35.5. The van der Waals surface area contributed by atoms with E-state index in [0.717, 1.165) is 23.5 Å². The molecular formula is C11H13ClN2OS. The van der Waals surface area contributed by atoms with Crippen molar-refractivity contribution in [1.82, 2.24) is 4.98 Å². The molecule has 86 valence electrons. The first-order chi connectivity index (χ1) is 7.61. The number of thiol groups is 1. The largest absolute Gasteiger partial charge is 0.310 e. The highest BCUT2D eigenvalue weighted by Gasteiger charge is 2.30. The van der Waals surface area contributed by atoms with Gasteiger partial charge < -0.3 is 4.90 Å². The fourth-order valence-corrected chi connectivity index (χ4v) is 2.39. The lowest BCUT2D eigenvalue weighted by atomic mass is 10.1. The molecule has 2 rings (SSSR count). The van der Waals surface area contributed by atoms with Gasteiger partial charge in [-0.15, -0.1) is 0 Å². The minimum absolute atomic E-state index is 0.145. The molecule has 0 aromatic carbocycles. The Labute approximate surface area is 105 Å². The van der Waals surface area contributed by atoms with Crippen LogP contribution in [0.25, 0.3) is 0 Å². The predicted molar refractivity (Wildman–Crippen MR) is 68.3 cm³/mol. The number of amides is 1. The first-order valence-electron chi connectivity index (χ1n) is 5.15. The molecule has 0 aliphatic carbocycles. The van der Waals surface area contributed by atoms with Crippen LogP contribution in [0.2, 0.25) is 5.15 Å². The molecule has 1 atom stereocenters. The number of aromatic nitrogens is 1. The molecule has 0 saturated carbocycles. The van der Waals surface area contributed by atoms with Gasteiger partial charge >= 0.3 is 0 Å². The van der Waals surface area contributed by atoms with Crippen LogP contribution in [-0.4, -0.2) is 23.2 Å². The van der Waals surface area contributed by atoms with Gasteiger partial charge in [0, 0.05) is 13.0 Å². The van der Waals surface area contributed by atoms with E-state index in [1.807, 2.05) is 6.92 Å². The second kappa shape index (κ2) is 4.63. The van der Waals surface area contributed by atoms with Crippen molar-refractivity contribution in [3.05, 3.63) is 23.0 Å². The van der Waals surface area contributed by atoms with Crippen molar-refractivity contribution >= 4 is 35.8 Å². The number of hydrogen-bond acceptors (Lipinski definition) is 3. The number of rotatable bonds is 2. The third-order valence-corrected chi connectivity index (χ3v) is 3.53. The summed E-state index contributed by atoms with van der Waals surface area (Å²) in [6.45, 7) is 2.66. The number of carbonyl (C=O) groups excluding carboxylic acids is 1. The Bertz CT molecular complexity index is 424. The zero-order valence-electron chi connectivity index (χ0n) is 8.98. The highest BCUT2D eigenvalue weighted by Crippen LogP contribution is 2.28. The minimum Gasteiger partial charge on any atom is -0.310 e. The van der Waals surface area contributed by atoms with E-state index in [4.69, 9.17) is 11.6 Å². The van der Waals surface area contributed by atoms with E-state index in [2.05, 4.69) is 17.6 Å². The lowest BCUT2D eigenvalue weighted by molar-refractivity contribution is -0.117. The van der Waals surface area contributed by atoms with Gasteiger partial charge in [0.2, 0.25) is 5.91 Å². The first-order valence-corrected chi connectivity index (χ1v) is 6.16. The summed E-state index contributed by atoms with van der Waals surface area (Å²) in [6.07, 6.45) is 2.24. The zero-order chi connectivity index (χ0) is 11.7. The normalized spacial score (nSPS) is 20.6. The molecule has 1 saturated heterocycles. The minimum atomic E-state index is 0.145. The van der Waals surface area contributed by atoms with E-state index < -0.39 is 0 Å². The van der Waals surface area contributed by atoms with Gasteiger partial charge in [0.15, 0.2) is 0 Å². The van der Waals surface area contributed by atoms with E-state index in [9.17, 15) is 4.79 Å². The highest BCUT2D eigenvalue weighted by molar-refractivity contribution is 7.80. The van der Waals surface area contributed by atoms with Gasteiger partial charge in [-0.25, -0.2) is 4.98 Å². The van der Waals surface area contributed by atoms with E-state index in [1.54, 1.807) is 17.2 Å². The van der Waals surface area contributed by atoms with Crippen LogP contribution in [0.1, 0.15) is 12.0 Å². The SMILES string of the molecule is Cc1cc(Cl)ncc1N1CC(CS)CC1=O. The van der Waals surface area contributed by atoms with E-state index >= 15 is 0 Å². The molecule has 0 bridgehead atoms. The van der Waals surface area contributed by atoms with Crippen molar-refractivity contribution in [3.63, 3.8) is 0 Å². The molecule has 0 spiro atoms.